The number of hydrogen-bond acceptors (Lipinski definition) is 7. The van der Waals surface area contributed by atoms with Crippen LogP contribution in [0.2, 0.25) is 0 Å². The van der Waals surface area contributed by atoms with Crippen molar-refractivity contribution in [3.05, 3.63) is 76.1 Å². The Bertz CT molecular complexity index is 1020. The second kappa shape index (κ2) is 9.90. The van der Waals surface area contributed by atoms with Crippen LogP contribution in [0.15, 0.2) is 59.9 Å². The summed E-state index contributed by atoms with van der Waals surface area (Å²) in [6.07, 6.45) is 1.75. The maximum absolute atomic E-state index is 12.3. The molecule has 10 heteroatoms. The fraction of sp³-hybridized carbons (Fsp3) is 0.200. The number of hydrogen-bond donors (Lipinski definition) is 2. The molecule has 0 aliphatic rings. The van der Waals surface area contributed by atoms with Gasteiger partial charge in [-0.05, 0) is 29.8 Å². The lowest BCUT2D eigenvalue weighted by Crippen LogP contribution is -2.14. The van der Waals surface area contributed by atoms with Gasteiger partial charge in [0.25, 0.3) is 5.69 Å². The first-order chi connectivity index (χ1) is 14.5. The number of methoxy groups -OCH3 is 1. The zero-order valence-electron chi connectivity index (χ0n) is 16.1. The van der Waals surface area contributed by atoms with Crippen LogP contribution in [0.3, 0.4) is 0 Å². The van der Waals surface area contributed by atoms with Crippen LogP contribution in [0, 0.1) is 10.1 Å². The van der Waals surface area contributed by atoms with Gasteiger partial charge in [0.2, 0.25) is 5.91 Å². The summed E-state index contributed by atoms with van der Waals surface area (Å²) < 4.78 is 7.03. The highest BCUT2D eigenvalue weighted by molar-refractivity contribution is 7.99. The number of carbonyl (C=O) groups is 1. The van der Waals surface area contributed by atoms with Gasteiger partial charge in [-0.25, -0.2) is 4.98 Å². The summed E-state index contributed by atoms with van der Waals surface area (Å²) in [4.78, 5) is 26.8. The number of aromatic nitrogens is 2. The number of ether oxygens (including phenoxy) is 1. The molecule has 2 aromatic carbocycles. The predicted octanol–water partition coefficient (Wildman–Crippen LogP) is 3.07. The summed E-state index contributed by atoms with van der Waals surface area (Å²) in [5.74, 6) is 0.595. The molecule has 1 heterocycles. The van der Waals surface area contributed by atoms with E-state index >= 15 is 0 Å². The molecule has 0 saturated carbocycles. The zero-order chi connectivity index (χ0) is 21.5. The molecule has 0 spiro atoms. The van der Waals surface area contributed by atoms with E-state index in [0.717, 1.165) is 11.3 Å². The third-order valence-corrected chi connectivity index (χ3v) is 5.15. The highest BCUT2D eigenvalue weighted by Gasteiger charge is 2.12. The molecule has 9 nitrogen and oxygen atoms in total. The van der Waals surface area contributed by atoms with Crippen molar-refractivity contribution < 1.29 is 19.6 Å². The Labute approximate surface area is 176 Å². The highest BCUT2D eigenvalue weighted by atomic mass is 32.2. The lowest BCUT2D eigenvalue weighted by Gasteiger charge is -2.09. The monoisotopic (exact) mass is 428 g/mol. The van der Waals surface area contributed by atoms with Crippen molar-refractivity contribution >= 4 is 29.0 Å². The van der Waals surface area contributed by atoms with E-state index in [-0.39, 0.29) is 24.0 Å². The van der Waals surface area contributed by atoms with Crippen LogP contribution in [0.5, 0.6) is 5.75 Å². The van der Waals surface area contributed by atoms with Crippen LogP contribution in [-0.2, 0) is 17.9 Å². The lowest BCUT2D eigenvalue weighted by atomic mass is 10.2. The maximum atomic E-state index is 12.3. The summed E-state index contributed by atoms with van der Waals surface area (Å²) in [6.45, 7) is 0.335. The summed E-state index contributed by atoms with van der Waals surface area (Å²) in [6, 6.07) is 13.2. The van der Waals surface area contributed by atoms with Gasteiger partial charge in [-0.3, -0.25) is 14.9 Å². The smallest absolute Gasteiger partial charge is 0.269 e. The number of nitrogens with one attached hydrogen (secondary N) is 1. The van der Waals surface area contributed by atoms with Crippen LogP contribution in [0.1, 0.15) is 11.3 Å². The minimum absolute atomic E-state index is 0.0422. The summed E-state index contributed by atoms with van der Waals surface area (Å²) in [5.41, 5.74) is 1.97. The van der Waals surface area contributed by atoms with E-state index in [1.165, 1.54) is 36.0 Å². The standard InChI is InChI=1S/C20H20N4O5S/c1-29-18-8-2-14(3-9-18)10-23-11-16(12-25)22-20(23)30-13-19(26)21-15-4-6-17(7-5-15)24(27)28/h2-9,11,25H,10,12-13H2,1H3,(H,21,26). The van der Waals surface area contributed by atoms with Crippen LogP contribution >= 0.6 is 11.8 Å². The Kier molecular flexibility index (Phi) is 7.04. The normalized spacial score (nSPS) is 10.6. The van der Waals surface area contributed by atoms with Crippen molar-refractivity contribution in [2.24, 2.45) is 0 Å². The van der Waals surface area contributed by atoms with Crippen molar-refractivity contribution in [3.8, 4) is 5.75 Å². The zero-order valence-corrected chi connectivity index (χ0v) is 17.0. The van der Waals surface area contributed by atoms with Crippen LogP contribution in [0.25, 0.3) is 0 Å². The molecule has 3 rings (SSSR count). The highest BCUT2D eigenvalue weighted by Crippen LogP contribution is 2.21. The van der Waals surface area contributed by atoms with Gasteiger partial charge < -0.3 is 19.7 Å². The Morgan fingerprint density at radius 3 is 2.53 bits per heavy atom. The van der Waals surface area contributed by atoms with Crippen LogP contribution < -0.4 is 10.1 Å². The van der Waals surface area contributed by atoms with Gasteiger partial charge in [-0.1, -0.05) is 23.9 Å². The number of rotatable bonds is 9. The molecule has 0 atom stereocenters. The Balaban J connectivity index is 1.63. The van der Waals surface area contributed by atoms with Gasteiger partial charge in [-0.2, -0.15) is 0 Å². The van der Waals surface area contributed by atoms with Crippen molar-refractivity contribution in [1.29, 1.82) is 0 Å². The number of nitrogens with zero attached hydrogens (tertiary/aromatic N) is 3. The molecule has 2 N–H and O–H groups in total. The molecule has 156 valence electrons. The van der Waals surface area contributed by atoms with Crippen molar-refractivity contribution in [1.82, 2.24) is 9.55 Å². The van der Waals surface area contributed by atoms with E-state index in [1.807, 2.05) is 28.8 Å². The summed E-state index contributed by atoms with van der Waals surface area (Å²) in [7, 11) is 1.61. The van der Waals surface area contributed by atoms with E-state index in [2.05, 4.69) is 10.3 Å². The summed E-state index contributed by atoms with van der Waals surface area (Å²) in [5, 5.41) is 23.4. The number of amides is 1. The van der Waals surface area contributed by atoms with Gasteiger partial charge in [0.05, 0.1) is 30.1 Å². The van der Waals surface area contributed by atoms with Crippen molar-refractivity contribution in [2.75, 3.05) is 18.2 Å². The Morgan fingerprint density at radius 1 is 1.23 bits per heavy atom. The Hall–Kier alpha value is -3.37. The second-order valence-corrected chi connectivity index (χ2v) is 7.23. The number of anilines is 1. The van der Waals surface area contributed by atoms with Gasteiger partial charge in [0.1, 0.15) is 5.75 Å². The average Bonchev–Trinajstić information content (AvgIpc) is 3.15. The Morgan fingerprint density at radius 2 is 1.93 bits per heavy atom. The fourth-order valence-electron chi connectivity index (χ4n) is 2.68. The number of aliphatic hydroxyl groups excluding tert-OH is 1. The average molecular weight is 428 g/mol. The molecule has 1 amide bonds. The SMILES string of the molecule is COc1ccc(Cn2cc(CO)nc2SCC(=O)Nc2ccc([N+](=O)[O-])cc2)cc1. The van der Waals surface area contributed by atoms with Crippen molar-refractivity contribution in [2.45, 2.75) is 18.3 Å². The van der Waals surface area contributed by atoms with Gasteiger partial charge >= 0.3 is 0 Å². The van der Waals surface area contributed by atoms with Gasteiger partial charge in [0.15, 0.2) is 5.16 Å². The first-order valence-electron chi connectivity index (χ1n) is 8.95. The molecule has 0 unspecified atom stereocenters. The fourth-order valence-corrected chi connectivity index (χ4v) is 3.47. The molecule has 0 saturated heterocycles. The number of non-ortho nitro benzene ring substituents is 1. The molecule has 0 bridgehead atoms. The predicted molar refractivity (Wildman–Crippen MR) is 113 cm³/mol. The molecule has 0 fully saturated rings. The third kappa shape index (κ3) is 5.58. The summed E-state index contributed by atoms with van der Waals surface area (Å²) >= 11 is 1.24. The first kappa shape index (κ1) is 21.3. The number of imidazole rings is 1. The first-order valence-corrected chi connectivity index (χ1v) is 9.94. The topological polar surface area (TPSA) is 120 Å². The number of benzene rings is 2. The number of carbonyl (C=O) groups excluding carboxylic acids is 1. The van der Waals surface area contributed by atoms with E-state index < -0.39 is 4.92 Å². The van der Waals surface area contributed by atoms with Crippen LogP contribution in [-0.4, -0.2) is 38.4 Å². The molecule has 30 heavy (non-hydrogen) atoms. The molecule has 0 aliphatic carbocycles. The maximum Gasteiger partial charge on any atom is 0.269 e. The van der Waals surface area contributed by atoms with Crippen LogP contribution in [0.4, 0.5) is 11.4 Å². The van der Waals surface area contributed by atoms with E-state index in [1.54, 1.807) is 13.3 Å². The molecule has 3 aromatic rings. The molecular weight excluding hydrogens is 408 g/mol. The minimum Gasteiger partial charge on any atom is -0.497 e. The quantitative estimate of drug-likeness (QED) is 0.305. The number of nitro groups is 1. The van der Waals surface area contributed by atoms with E-state index in [9.17, 15) is 20.0 Å². The third-order valence-electron chi connectivity index (χ3n) is 4.16. The molecule has 0 aliphatic heterocycles. The minimum atomic E-state index is -0.497. The number of nitro benzene ring substituents is 1. The number of thioether (sulfide) groups is 1. The van der Waals surface area contributed by atoms with Crippen molar-refractivity contribution in [3.63, 3.8) is 0 Å². The van der Waals surface area contributed by atoms with E-state index in [0.29, 0.717) is 23.1 Å². The van der Waals surface area contributed by atoms with Gasteiger partial charge in [-0.15, -0.1) is 0 Å². The number of aliphatic hydroxyl groups is 1. The second-order valence-electron chi connectivity index (χ2n) is 6.29. The molecule has 1 aromatic heterocycles. The lowest BCUT2D eigenvalue weighted by molar-refractivity contribution is -0.384. The largest absolute Gasteiger partial charge is 0.497 e. The molecular formula is C20H20N4O5S. The molecule has 0 radical (unpaired) electrons. The van der Waals surface area contributed by atoms with E-state index in [4.69, 9.17) is 4.74 Å². The van der Waals surface area contributed by atoms with Gasteiger partial charge in [0, 0.05) is 30.6 Å².